The second kappa shape index (κ2) is 11.9. The van der Waals surface area contributed by atoms with Crippen LogP contribution in [-0.2, 0) is 19.1 Å². The number of benzene rings is 1. The van der Waals surface area contributed by atoms with E-state index in [1.807, 2.05) is 0 Å². The minimum Gasteiger partial charge on any atom is -0.481 e. The molecule has 1 aromatic carbocycles. The summed E-state index contributed by atoms with van der Waals surface area (Å²) in [5.41, 5.74) is 5.90. The Morgan fingerprint density at radius 2 is 1.84 bits per heavy atom. The van der Waals surface area contributed by atoms with Gasteiger partial charge in [-0.05, 0) is 54.9 Å². The molecule has 0 radical (unpaired) electrons. The summed E-state index contributed by atoms with van der Waals surface area (Å²) in [6.45, 7) is 7.20. The molecule has 2 aromatic rings. The third-order valence-electron chi connectivity index (χ3n) is 10.1. The van der Waals surface area contributed by atoms with Gasteiger partial charge < -0.3 is 42.0 Å². The van der Waals surface area contributed by atoms with Crippen LogP contribution in [0.3, 0.4) is 0 Å². The molecule has 15 nitrogen and oxygen atoms in total. The number of fused-ring (bicyclic) bond motifs is 3. The van der Waals surface area contributed by atoms with E-state index in [-0.39, 0.29) is 34.1 Å². The first kappa shape index (κ1) is 31.6. The Morgan fingerprint density at radius 3 is 2.44 bits per heavy atom. The molecule has 242 valence electrons. The highest BCUT2D eigenvalue weighted by Gasteiger charge is 2.63. The number of H-pyrrole nitrogens is 1. The molecule has 5 rings (SSSR count). The number of anilines is 4. The maximum absolute atomic E-state index is 13.0. The lowest BCUT2D eigenvalue weighted by Gasteiger charge is -2.38. The molecule has 0 saturated heterocycles. The van der Waals surface area contributed by atoms with Gasteiger partial charge in [-0.1, -0.05) is 20.8 Å². The number of esters is 1. The number of aromatic nitrogens is 2. The highest BCUT2D eigenvalue weighted by molar-refractivity contribution is 5.98. The number of aliphatic carboxylic acids is 2. The van der Waals surface area contributed by atoms with Crippen LogP contribution in [0.4, 0.5) is 23.1 Å². The maximum atomic E-state index is 13.0. The quantitative estimate of drug-likeness (QED) is 0.131. The van der Waals surface area contributed by atoms with Crippen LogP contribution >= 0.6 is 0 Å². The van der Waals surface area contributed by atoms with Gasteiger partial charge in [-0.3, -0.25) is 24.2 Å². The number of nitrogens with one attached hydrogen (secondary N) is 5. The van der Waals surface area contributed by atoms with Gasteiger partial charge in [0.2, 0.25) is 5.95 Å². The monoisotopic (exact) mass is 625 g/mol. The Balaban J connectivity index is 1.16. The van der Waals surface area contributed by atoms with Gasteiger partial charge in [0, 0.05) is 36.2 Å². The highest BCUT2D eigenvalue weighted by atomic mass is 16.5. The fraction of sp³-hybridized carbons (Fsp3) is 0.533. The number of carboxylic acids is 2. The molecule has 45 heavy (non-hydrogen) atoms. The van der Waals surface area contributed by atoms with Gasteiger partial charge in [-0.25, -0.2) is 4.79 Å². The molecule has 0 spiro atoms. The van der Waals surface area contributed by atoms with Crippen LogP contribution in [0.1, 0.15) is 56.8 Å². The second-order valence-electron chi connectivity index (χ2n) is 12.9. The molecule has 2 fully saturated rings. The standard InChI is InChI=1S/C30H39N7O8/c1-29(2)15-8-9-30(29,3)20(10-15)45-27(44)18(25(40)41)11-19(26(42)43)35-23(38)14-4-6-16(7-5-14)32-12-17-13-33-22-21(34-17)24(39)37-28(31)36-22/h4-7,15,17-20,32,34H,8-13H2,1-3H3,(H,35,38)(H,40,41)(H,42,43)(H4,31,33,36,37,39). The number of carboxylic acid groups (broad SMARTS) is 2. The van der Waals surface area contributed by atoms with E-state index in [4.69, 9.17) is 10.5 Å². The first-order valence-corrected chi connectivity index (χ1v) is 14.9. The number of nitrogens with zero attached hydrogens (tertiary/aromatic N) is 1. The molecule has 1 aliphatic heterocycles. The van der Waals surface area contributed by atoms with Gasteiger partial charge in [0.25, 0.3) is 11.5 Å². The van der Waals surface area contributed by atoms with E-state index < -0.39 is 53.9 Å². The maximum Gasteiger partial charge on any atom is 0.326 e. The van der Waals surface area contributed by atoms with E-state index in [0.29, 0.717) is 36.9 Å². The molecule has 9 N–H and O–H groups in total. The van der Waals surface area contributed by atoms with Crippen molar-refractivity contribution < 1.29 is 34.1 Å². The molecule has 1 aromatic heterocycles. The Bertz CT molecular complexity index is 1560. The van der Waals surface area contributed by atoms with Crippen molar-refractivity contribution in [2.75, 3.05) is 34.8 Å². The summed E-state index contributed by atoms with van der Waals surface area (Å²) in [4.78, 5) is 68.7. The minimum absolute atomic E-state index is 0.0112. The van der Waals surface area contributed by atoms with Crippen molar-refractivity contribution in [3.05, 3.63) is 40.2 Å². The average molecular weight is 626 g/mol. The largest absolute Gasteiger partial charge is 0.481 e. The fourth-order valence-corrected chi connectivity index (χ4v) is 6.86. The zero-order valence-electron chi connectivity index (χ0n) is 25.3. The van der Waals surface area contributed by atoms with E-state index in [0.717, 1.165) is 12.8 Å². The zero-order valence-corrected chi connectivity index (χ0v) is 25.3. The fourth-order valence-electron chi connectivity index (χ4n) is 6.86. The van der Waals surface area contributed by atoms with Crippen LogP contribution in [0.2, 0.25) is 0 Å². The Kier molecular flexibility index (Phi) is 8.38. The van der Waals surface area contributed by atoms with Gasteiger partial charge in [0.05, 0.1) is 6.04 Å². The van der Waals surface area contributed by atoms with Crippen molar-refractivity contribution in [1.29, 1.82) is 0 Å². The van der Waals surface area contributed by atoms with Crippen molar-refractivity contribution in [2.24, 2.45) is 22.7 Å². The van der Waals surface area contributed by atoms with Gasteiger partial charge in [-0.2, -0.15) is 4.98 Å². The first-order chi connectivity index (χ1) is 21.2. The van der Waals surface area contributed by atoms with Gasteiger partial charge in [0.15, 0.2) is 11.7 Å². The lowest BCUT2D eigenvalue weighted by atomic mass is 9.70. The van der Waals surface area contributed by atoms with Crippen LogP contribution in [0.5, 0.6) is 0 Å². The van der Waals surface area contributed by atoms with E-state index >= 15 is 0 Å². The summed E-state index contributed by atoms with van der Waals surface area (Å²) >= 11 is 0. The van der Waals surface area contributed by atoms with Crippen LogP contribution in [-0.4, -0.2) is 75.3 Å². The Labute approximate surface area is 258 Å². The lowest BCUT2D eigenvalue weighted by Crippen LogP contribution is -2.46. The topological polar surface area (TPSA) is 238 Å². The third kappa shape index (κ3) is 6.11. The lowest BCUT2D eigenvalue weighted by molar-refractivity contribution is -0.169. The van der Waals surface area contributed by atoms with Gasteiger partial charge >= 0.3 is 17.9 Å². The SMILES string of the molecule is CC1(C)C2CCC1(C)C(OC(=O)C(CC(NC(=O)c1ccc(NCC3CNc4nc(N)[nH]c(=O)c4N3)cc1)C(=O)O)C(=O)O)C2. The summed E-state index contributed by atoms with van der Waals surface area (Å²) in [6, 6.07) is 4.40. The van der Waals surface area contributed by atoms with E-state index in [1.165, 1.54) is 12.1 Å². The number of amides is 1. The smallest absolute Gasteiger partial charge is 0.326 e. The van der Waals surface area contributed by atoms with Crippen molar-refractivity contribution >= 4 is 47.0 Å². The molecule has 2 heterocycles. The van der Waals surface area contributed by atoms with Gasteiger partial charge in [-0.15, -0.1) is 0 Å². The summed E-state index contributed by atoms with van der Waals surface area (Å²) < 4.78 is 5.72. The molecule has 2 saturated carbocycles. The van der Waals surface area contributed by atoms with Crippen molar-refractivity contribution in [1.82, 2.24) is 15.3 Å². The Morgan fingerprint density at radius 1 is 1.13 bits per heavy atom. The summed E-state index contributed by atoms with van der Waals surface area (Å²) in [5, 5.41) is 31.3. The number of carbonyl (C=O) groups excluding carboxylic acids is 2. The second-order valence-corrected chi connectivity index (χ2v) is 12.9. The Hall–Kier alpha value is -4.82. The molecular weight excluding hydrogens is 586 g/mol. The average Bonchev–Trinajstić information content (AvgIpc) is 3.31. The molecule has 1 amide bonds. The molecule has 2 aliphatic carbocycles. The minimum atomic E-state index is -1.76. The summed E-state index contributed by atoms with van der Waals surface area (Å²) in [5.74, 6) is -5.75. The number of carbonyl (C=O) groups is 4. The van der Waals surface area contributed by atoms with Crippen molar-refractivity contribution in [3.8, 4) is 0 Å². The van der Waals surface area contributed by atoms with E-state index in [1.54, 1.807) is 12.1 Å². The predicted molar refractivity (Wildman–Crippen MR) is 164 cm³/mol. The molecule has 6 atom stereocenters. The molecule has 3 aliphatic rings. The first-order valence-electron chi connectivity index (χ1n) is 14.9. The molecule has 6 unspecified atom stereocenters. The third-order valence-corrected chi connectivity index (χ3v) is 10.1. The van der Waals surface area contributed by atoms with Crippen LogP contribution in [0.15, 0.2) is 29.1 Å². The highest BCUT2D eigenvalue weighted by Crippen LogP contribution is 2.66. The van der Waals surface area contributed by atoms with Crippen LogP contribution < -0.4 is 32.6 Å². The van der Waals surface area contributed by atoms with E-state index in [9.17, 15) is 34.2 Å². The molecular formula is C30H39N7O8. The summed E-state index contributed by atoms with van der Waals surface area (Å²) in [7, 11) is 0. The molecule has 15 heteroatoms. The predicted octanol–water partition coefficient (Wildman–Crippen LogP) is 1.70. The number of nitrogen functional groups attached to an aromatic ring is 1. The van der Waals surface area contributed by atoms with Crippen LogP contribution in [0.25, 0.3) is 0 Å². The van der Waals surface area contributed by atoms with Gasteiger partial charge in [0.1, 0.15) is 17.8 Å². The number of rotatable bonds is 11. The normalized spacial score (nSPS) is 25.5. The van der Waals surface area contributed by atoms with Crippen LogP contribution in [0, 0.1) is 22.7 Å². The number of ether oxygens (including phenoxy) is 1. The molecule has 2 bridgehead atoms. The van der Waals surface area contributed by atoms with Crippen molar-refractivity contribution in [2.45, 2.75) is 64.6 Å². The van der Waals surface area contributed by atoms with Crippen molar-refractivity contribution in [3.63, 3.8) is 0 Å². The number of hydrogen-bond acceptors (Lipinski definition) is 11. The zero-order chi connectivity index (χ0) is 32.7. The van der Waals surface area contributed by atoms with E-state index in [2.05, 4.69) is 52.0 Å². The number of aromatic amines is 1. The number of nitrogens with two attached hydrogens (primary N) is 1. The summed E-state index contributed by atoms with van der Waals surface area (Å²) in [6.07, 6.45) is 1.40. The number of hydrogen-bond donors (Lipinski definition) is 8.